The van der Waals surface area contributed by atoms with Crippen LogP contribution in [0.1, 0.15) is 25.1 Å². The number of nitrogens with one attached hydrogen (secondary N) is 1. The summed E-state index contributed by atoms with van der Waals surface area (Å²) in [4.78, 5) is 25.2. The molecule has 23 heavy (non-hydrogen) atoms. The number of aromatic amines is 1. The fourth-order valence-corrected chi connectivity index (χ4v) is 3.26. The van der Waals surface area contributed by atoms with E-state index in [0.29, 0.717) is 6.61 Å². The quantitative estimate of drug-likeness (QED) is 0.728. The summed E-state index contributed by atoms with van der Waals surface area (Å²) in [6.07, 6.45) is -4.11. The summed E-state index contributed by atoms with van der Waals surface area (Å²) in [5, 5.41) is 9.92. The Hall–Kier alpha value is -1.41. The van der Waals surface area contributed by atoms with Gasteiger partial charge >= 0.3 is 13.7 Å². The van der Waals surface area contributed by atoms with E-state index in [9.17, 15) is 23.7 Å². The van der Waals surface area contributed by atoms with E-state index in [-0.39, 0.29) is 18.1 Å². The Bertz CT molecular complexity index is 690. The van der Waals surface area contributed by atoms with Gasteiger partial charge in [-0.2, -0.15) is 0 Å². The first-order chi connectivity index (χ1) is 10.8. The van der Waals surface area contributed by atoms with Crippen LogP contribution in [0.2, 0.25) is 0 Å². The number of aliphatic hydroxyl groups excluding tert-OH is 1. The Kier molecular flexibility index (Phi) is 5.80. The van der Waals surface area contributed by atoms with Crippen LogP contribution in [0.4, 0.5) is 4.39 Å². The van der Waals surface area contributed by atoms with Crippen LogP contribution in [0, 0.1) is 6.92 Å². The van der Waals surface area contributed by atoms with Crippen molar-refractivity contribution in [3.8, 4) is 0 Å². The molecule has 0 radical (unpaired) electrons. The number of alkyl halides is 1. The highest BCUT2D eigenvalue weighted by atomic mass is 31.1. The zero-order valence-corrected chi connectivity index (χ0v) is 13.7. The lowest BCUT2D eigenvalue weighted by Crippen LogP contribution is -2.36. The molecule has 1 aliphatic rings. The van der Waals surface area contributed by atoms with Gasteiger partial charge in [0, 0.05) is 18.2 Å². The van der Waals surface area contributed by atoms with E-state index >= 15 is 0 Å². The SMILES string of the molecule is CCO[P+](=O)CCC1OC(n2cc(C)c(=O)[nH]c2=O)C(F)C1O. The van der Waals surface area contributed by atoms with Crippen molar-refractivity contribution in [1.29, 1.82) is 0 Å². The molecule has 5 unspecified atom stereocenters. The van der Waals surface area contributed by atoms with Gasteiger partial charge < -0.3 is 9.84 Å². The van der Waals surface area contributed by atoms with Gasteiger partial charge in [0.25, 0.3) is 5.56 Å². The van der Waals surface area contributed by atoms with E-state index < -0.39 is 43.9 Å². The maximum atomic E-state index is 14.3. The fourth-order valence-electron chi connectivity index (χ4n) is 2.38. The number of ether oxygens (including phenoxy) is 1. The standard InChI is InChI=1S/C13H18FN2O6P/c1-3-21-23(20)5-4-8-10(17)9(14)12(22-8)16-6-7(2)11(18)15-13(16)19/h6,8-10,12,17H,3-5H2,1-2H3/p+1. The van der Waals surface area contributed by atoms with Crippen LogP contribution < -0.4 is 11.2 Å². The van der Waals surface area contributed by atoms with E-state index in [1.165, 1.54) is 13.1 Å². The summed E-state index contributed by atoms with van der Waals surface area (Å²) in [5.74, 6) is 0. The minimum absolute atomic E-state index is 0.115. The van der Waals surface area contributed by atoms with Crippen molar-refractivity contribution in [1.82, 2.24) is 9.55 Å². The molecule has 1 aromatic heterocycles. The van der Waals surface area contributed by atoms with Crippen LogP contribution >= 0.6 is 8.03 Å². The molecule has 1 fully saturated rings. The number of rotatable bonds is 6. The van der Waals surface area contributed by atoms with Gasteiger partial charge in [0.1, 0.15) is 6.10 Å². The molecule has 0 aromatic carbocycles. The van der Waals surface area contributed by atoms with Crippen molar-refractivity contribution in [3.63, 3.8) is 0 Å². The molecule has 0 saturated carbocycles. The molecular weight excluding hydrogens is 330 g/mol. The molecule has 0 spiro atoms. The van der Waals surface area contributed by atoms with Crippen molar-refractivity contribution in [2.45, 2.75) is 44.9 Å². The number of aryl methyl sites for hydroxylation is 1. The van der Waals surface area contributed by atoms with Crippen molar-refractivity contribution >= 4 is 8.03 Å². The van der Waals surface area contributed by atoms with Gasteiger partial charge in [0.05, 0.1) is 12.7 Å². The minimum Gasteiger partial charge on any atom is -0.387 e. The number of aromatic nitrogens is 2. The lowest BCUT2D eigenvalue weighted by Gasteiger charge is -2.16. The first-order valence-corrected chi connectivity index (χ1v) is 8.58. The molecule has 0 amide bonds. The average molecular weight is 349 g/mol. The highest BCUT2D eigenvalue weighted by molar-refractivity contribution is 7.39. The molecule has 2 rings (SSSR count). The van der Waals surface area contributed by atoms with Crippen LogP contribution in [-0.2, 0) is 13.8 Å². The Labute approximate surface area is 132 Å². The van der Waals surface area contributed by atoms with Crippen LogP contribution in [0.25, 0.3) is 0 Å². The molecule has 1 aliphatic heterocycles. The Morgan fingerprint density at radius 2 is 2.22 bits per heavy atom. The Balaban J connectivity index is 2.14. The lowest BCUT2D eigenvalue weighted by molar-refractivity contribution is -0.0279. The van der Waals surface area contributed by atoms with Crippen molar-refractivity contribution < 1.29 is 23.3 Å². The largest absolute Gasteiger partial charge is 0.508 e. The normalized spacial score (nSPS) is 28.1. The summed E-state index contributed by atoms with van der Waals surface area (Å²) in [7, 11) is -1.89. The number of hydrogen-bond donors (Lipinski definition) is 2. The molecule has 0 bridgehead atoms. The summed E-state index contributed by atoms with van der Waals surface area (Å²) in [6.45, 7) is 3.47. The van der Waals surface area contributed by atoms with Crippen LogP contribution in [-0.4, -0.2) is 45.8 Å². The van der Waals surface area contributed by atoms with E-state index in [1.54, 1.807) is 6.92 Å². The van der Waals surface area contributed by atoms with E-state index in [4.69, 9.17) is 9.26 Å². The third kappa shape index (κ3) is 3.92. The summed E-state index contributed by atoms with van der Waals surface area (Å²) in [5.41, 5.74) is -1.16. The smallest absolute Gasteiger partial charge is 0.387 e. The van der Waals surface area contributed by atoms with Gasteiger partial charge in [-0.1, -0.05) is 0 Å². The van der Waals surface area contributed by atoms with Gasteiger partial charge in [0.15, 0.2) is 18.6 Å². The van der Waals surface area contributed by atoms with E-state index in [2.05, 4.69) is 4.98 Å². The molecular formula is C13H19FN2O6P+. The van der Waals surface area contributed by atoms with Crippen LogP contribution in [0.15, 0.2) is 15.8 Å². The van der Waals surface area contributed by atoms with Gasteiger partial charge in [0.2, 0.25) is 0 Å². The molecule has 1 saturated heterocycles. The van der Waals surface area contributed by atoms with Crippen molar-refractivity contribution in [3.05, 3.63) is 32.6 Å². The number of hydrogen-bond acceptors (Lipinski definition) is 6. The predicted octanol–water partition coefficient (Wildman–Crippen LogP) is 0.610. The number of H-pyrrole nitrogens is 1. The third-order valence-corrected chi connectivity index (χ3v) is 4.75. The molecule has 128 valence electrons. The summed E-state index contributed by atoms with van der Waals surface area (Å²) in [6, 6.07) is 0. The second-order valence-electron chi connectivity index (χ2n) is 5.24. The van der Waals surface area contributed by atoms with Gasteiger partial charge in [-0.05, 0) is 18.4 Å². The summed E-state index contributed by atoms with van der Waals surface area (Å²) >= 11 is 0. The van der Waals surface area contributed by atoms with Gasteiger partial charge in [-0.15, -0.1) is 4.52 Å². The zero-order chi connectivity index (χ0) is 17.1. The number of halogens is 1. The fraction of sp³-hybridized carbons (Fsp3) is 0.692. The number of aliphatic hydroxyl groups is 1. The Morgan fingerprint density at radius 3 is 2.87 bits per heavy atom. The minimum atomic E-state index is -1.89. The molecule has 2 heterocycles. The molecule has 2 N–H and O–H groups in total. The molecule has 1 aromatic rings. The highest BCUT2D eigenvalue weighted by Crippen LogP contribution is 2.34. The van der Waals surface area contributed by atoms with Crippen molar-refractivity contribution in [2.75, 3.05) is 12.8 Å². The predicted molar refractivity (Wildman–Crippen MR) is 79.6 cm³/mol. The first-order valence-electron chi connectivity index (χ1n) is 7.22. The molecule has 5 atom stereocenters. The van der Waals surface area contributed by atoms with Gasteiger partial charge in [-0.3, -0.25) is 14.3 Å². The van der Waals surface area contributed by atoms with E-state index in [0.717, 1.165) is 4.57 Å². The molecule has 8 nitrogen and oxygen atoms in total. The molecule has 0 aliphatic carbocycles. The van der Waals surface area contributed by atoms with Crippen LogP contribution in [0.3, 0.4) is 0 Å². The second-order valence-corrected chi connectivity index (χ2v) is 6.61. The van der Waals surface area contributed by atoms with Gasteiger partial charge in [-0.25, -0.2) is 9.18 Å². The van der Waals surface area contributed by atoms with E-state index in [1.807, 2.05) is 0 Å². The second kappa shape index (κ2) is 7.44. The van der Waals surface area contributed by atoms with Crippen molar-refractivity contribution in [2.24, 2.45) is 0 Å². The highest BCUT2D eigenvalue weighted by Gasteiger charge is 2.46. The summed E-state index contributed by atoms with van der Waals surface area (Å²) < 4.78 is 37.0. The lowest BCUT2D eigenvalue weighted by atomic mass is 10.1. The maximum absolute atomic E-state index is 14.3. The number of nitrogens with zero attached hydrogens (tertiary/aromatic N) is 1. The topological polar surface area (TPSA) is 111 Å². The van der Waals surface area contributed by atoms with Crippen LogP contribution in [0.5, 0.6) is 0 Å². The third-order valence-electron chi connectivity index (χ3n) is 3.58. The average Bonchev–Trinajstić information content (AvgIpc) is 2.77. The monoisotopic (exact) mass is 349 g/mol. The molecule has 10 heteroatoms. The maximum Gasteiger partial charge on any atom is 0.508 e. The Morgan fingerprint density at radius 1 is 1.52 bits per heavy atom. The zero-order valence-electron chi connectivity index (χ0n) is 12.8. The first kappa shape index (κ1) is 17.9.